The van der Waals surface area contributed by atoms with Gasteiger partial charge in [0.25, 0.3) is 0 Å². The Kier molecular flexibility index (Phi) is 2.99. The van der Waals surface area contributed by atoms with E-state index in [0.717, 1.165) is 24.6 Å². The molecule has 2 aromatic rings. The van der Waals surface area contributed by atoms with Crippen molar-refractivity contribution in [2.24, 2.45) is 0 Å². The van der Waals surface area contributed by atoms with E-state index in [-0.39, 0.29) is 5.54 Å². The lowest BCUT2D eigenvalue weighted by atomic mass is 9.80. The lowest BCUT2D eigenvalue weighted by Crippen LogP contribution is -2.50. The number of fused-ring (bicyclic) bond motifs is 1. The van der Waals surface area contributed by atoms with E-state index >= 15 is 0 Å². The van der Waals surface area contributed by atoms with Crippen LogP contribution in [0.4, 0.5) is 5.69 Å². The van der Waals surface area contributed by atoms with Crippen LogP contribution >= 0.6 is 0 Å². The molecular weight excluding hydrogens is 272 g/mol. The Bertz CT molecular complexity index is 765. The van der Waals surface area contributed by atoms with Crippen molar-refractivity contribution in [3.8, 4) is 0 Å². The fourth-order valence-electron chi connectivity index (χ4n) is 2.70. The number of nitrogens with two attached hydrogens (primary N) is 1. The average molecular weight is 290 g/mol. The van der Waals surface area contributed by atoms with Gasteiger partial charge in [0.15, 0.2) is 0 Å². The molecule has 0 bridgehead atoms. The first-order valence-corrected chi connectivity index (χ1v) is 8.20. The van der Waals surface area contributed by atoms with E-state index in [1.165, 1.54) is 0 Å². The summed E-state index contributed by atoms with van der Waals surface area (Å²) in [7, 11) is -3.51. The van der Waals surface area contributed by atoms with E-state index < -0.39 is 10.0 Å². The molecule has 106 valence electrons. The second kappa shape index (κ2) is 4.46. The van der Waals surface area contributed by atoms with Gasteiger partial charge in [-0.1, -0.05) is 18.2 Å². The van der Waals surface area contributed by atoms with E-state index in [1.54, 1.807) is 30.3 Å². The number of sulfonamides is 1. The predicted molar refractivity (Wildman–Crippen MR) is 80.9 cm³/mol. The minimum absolute atomic E-state index is 0.297. The Labute approximate surface area is 119 Å². The van der Waals surface area contributed by atoms with Gasteiger partial charge >= 0.3 is 0 Å². The molecule has 4 nitrogen and oxygen atoms in total. The molecule has 1 aliphatic carbocycles. The zero-order valence-corrected chi connectivity index (χ0v) is 12.2. The molecule has 3 N–H and O–H groups in total. The minimum atomic E-state index is -3.51. The second-order valence-electron chi connectivity index (χ2n) is 5.76. The molecule has 0 unspecified atom stereocenters. The molecule has 0 atom stereocenters. The van der Waals surface area contributed by atoms with Gasteiger partial charge in [-0.2, -0.15) is 0 Å². The maximum Gasteiger partial charge on any atom is 0.241 e. The summed E-state index contributed by atoms with van der Waals surface area (Å²) in [6.07, 6.45) is 2.86. The molecule has 20 heavy (non-hydrogen) atoms. The SMILES string of the molecule is CC1(NS(=O)(=O)c2cccc3cc(N)ccc23)CCC1. The lowest BCUT2D eigenvalue weighted by molar-refractivity contribution is 0.248. The number of nitrogen functional groups attached to an aromatic ring is 1. The van der Waals surface area contributed by atoms with E-state index in [0.29, 0.717) is 16.0 Å². The highest BCUT2D eigenvalue weighted by atomic mass is 32.2. The minimum Gasteiger partial charge on any atom is -0.399 e. The summed E-state index contributed by atoms with van der Waals surface area (Å²) in [4.78, 5) is 0.322. The monoisotopic (exact) mass is 290 g/mol. The summed E-state index contributed by atoms with van der Waals surface area (Å²) in [6.45, 7) is 1.96. The Morgan fingerprint density at radius 2 is 1.95 bits per heavy atom. The third-order valence-corrected chi connectivity index (χ3v) is 5.69. The van der Waals surface area contributed by atoms with Crippen LogP contribution in [-0.4, -0.2) is 14.0 Å². The first-order valence-electron chi connectivity index (χ1n) is 6.72. The largest absolute Gasteiger partial charge is 0.399 e. The lowest BCUT2D eigenvalue weighted by Gasteiger charge is -2.38. The number of hydrogen-bond acceptors (Lipinski definition) is 3. The van der Waals surface area contributed by atoms with Gasteiger partial charge in [0.2, 0.25) is 10.0 Å². The summed E-state index contributed by atoms with van der Waals surface area (Å²) < 4.78 is 28.0. The van der Waals surface area contributed by atoms with Crippen LogP contribution in [0.1, 0.15) is 26.2 Å². The van der Waals surface area contributed by atoms with E-state index in [1.807, 2.05) is 13.0 Å². The molecule has 5 heteroatoms. The van der Waals surface area contributed by atoms with Crippen molar-refractivity contribution < 1.29 is 8.42 Å². The van der Waals surface area contributed by atoms with Crippen LogP contribution in [-0.2, 0) is 10.0 Å². The number of hydrogen-bond donors (Lipinski definition) is 2. The molecule has 0 aromatic heterocycles. The van der Waals surface area contributed by atoms with Gasteiger partial charge in [0, 0.05) is 16.6 Å². The zero-order valence-electron chi connectivity index (χ0n) is 11.4. The van der Waals surface area contributed by atoms with Gasteiger partial charge in [-0.15, -0.1) is 0 Å². The predicted octanol–water partition coefficient (Wildman–Crippen LogP) is 2.64. The molecular formula is C15H18N2O2S. The molecule has 0 amide bonds. The van der Waals surface area contributed by atoms with Crippen LogP contribution in [0.25, 0.3) is 10.8 Å². The standard InChI is InChI=1S/C15H18N2O2S/c1-15(8-3-9-15)17-20(18,19)14-5-2-4-11-10-12(16)6-7-13(11)14/h2,4-7,10,17H,3,8-9,16H2,1H3. The summed E-state index contributed by atoms with van der Waals surface area (Å²) in [5.74, 6) is 0. The number of benzene rings is 2. The van der Waals surface area contributed by atoms with E-state index in [2.05, 4.69) is 4.72 Å². The van der Waals surface area contributed by atoms with Gasteiger partial charge in [-0.3, -0.25) is 0 Å². The molecule has 0 spiro atoms. The topological polar surface area (TPSA) is 72.2 Å². The Balaban J connectivity index is 2.09. The second-order valence-corrected chi connectivity index (χ2v) is 7.41. The number of nitrogens with one attached hydrogen (secondary N) is 1. The third kappa shape index (κ3) is 2.27. The highest BCUT2D eigenvalue weighted by Gasteiger charge is 2.36. The van der Waals surface area contributed by atoms with Crippen LogP contribution in [0.3, 0.4) is 0 Å². The summed E-state index contributed by atoms with van der Waals surface area (Å²) >= 11 is 0. The molecule has 2 aromatic carbocycles. The normalized spacial score (nSPS) is 17.9. The maximum atomic E-state index is 12.6. The van der Waals surface area contributed by atoms with Crippen LogP contribution in [0.15, 0.2) is 41.3 Å². The maximum absolute atomic E-state index is 12.6. The third-order valence-electron chi connectivity index (χ3n) is 3.99. The number of anilines is 1. The Morgan fingerprint density at radius 3 is 2.60 bits per heavy atom. The van der Waals surface area contributed by atoms with Gasteiger partial charge < -0.3 is 5.73 Å². The average Bonchev–Trinajstić information content (AvgIpc) is 2.35. The fraction of sp³-hybridized carbons (Fsp3) is 0.333. The van der Waals surface area contributed by atoms with Crippen molar-refractivity contribution in [3.05, 3.63) is 36.4 Å². The summed E-state index contributed by atoms with van der Waals surface area (Å²) in [5, 5.41) is 1.55. The van der Waals surface area contributed by atoms with Crippen LogP contribution in [0.2, 0.25) is 0 Å². The van der Waals surface area contributed by atoms with Crippen molar-refractivity contribution in [2.75, 3.05) is 5.73 Å². The van der Waals surface area contributed by atoms with E-state index in [9.17, 15) is 8.42 Å². The van der Waals surface area contributed by atoms with Crippen molar-refractivity contribution in [3.63, 3.8) is 0 Å². The van der Waals surface area contributed by atoms with Crippen LogP contribution < -0.4 is 10.5 Å². The van der Waals surface area contributed by atoms with Crippen LogP contribution in [0, 0.1) is 0 Å². The summed E-state index contributed by atoms with van der Waals surface area (Å²) in [6, 6.07) is 10.5. The number of rotatable bonds is 3. The molecule has 0 aliphatic heterocycles. The molecule has 3 rings (SSSR count). The first-order chi connectivity index (χ1) is 9.40. The van der Waals surface area contributed by atoms with Crippen LogP contribution in [0.5, 0.6) is 0 Å². The van der Waals surface area contributed by atoms with Crippen molar-refractivity contribution >= 4 is 26.5 Å². The Hall–Kier alpha value is -1.59. The van der Waals surface area contributed by atoms with Gasteiger partial charge in [-0.25, -0.2) is 13.1 Å². The van der Waals surface area contributed by atoms with Gasteiger partial charge in [0.1, 0.15) is 0 Å². The van der Waals surface area contributed by atoms with Crippen molar-refractivity contribution in [1.29, 1.82) is 0 Å². The fourth-order valence-corrected chi connectivity index (χ4v) is 4.39. The molecule has 0 heterocycles. The molecule has 0 saturated heterocycles. The molecule has 0 radical (unpaired) electrons. The zero-order chi connectivity index (χ0) is 14.4. The highest BCUT2D eigenvalue weighted by Crippen LogP contribution is 2.33. The van der Waals surface area contributed by atoms with Gasteiger partial charge in [-0.05, 0) is 49.8 Å². The van der Waals surface area contributed by atoms with Crippen molar-refractivity contribution in [1.82, 2.24) is 4.72 Å². The highest BCUT2D eigenvalue weighted by molar-refractivity contribution is 7.89. The van der Waals surface area contributed by atoms with E-state index in [4.69, 9.17) is 5.73 Å². The molecule has 1 fully saturated rings. The Morgan fingerprint density at radius 1 is 1.20 bits per heavy atom. The van der Waals surface area contributed by atoms with Crippen molar-refractivity contribution in [2.45, 2.75) is 36.6 Å². The molecule has 1 saturated carbocycles. The van der Waals surface area contributed by atoms with Gasteiger partial charge in [0.05, 0.1) is 4.90 Å². The molecule has 1 aliphatic rings. The summed E-state index contributed by atoms with van der Waals surface area (Å²) in [5.41, 5.74) is 6.08. The smallest absolute Gasteiger partial charge is 0.241 e. The first kappa shape index (κ1) is 13.4. The quantitative estimate of drug-likeness (QED) is 0.854.